The van der Waals surface area contributed by atoms with Gasteiger partial charge in [-0.15, -0.1) is 0 Å². The quantitative estimate of drug-likeness (QED) is 0.773. The van der Waals surface area contributed by atoms with Gasteiger partial charge in [0.05, 0.1) is 24.7 Å². The van der Waals surface area contributed by atoms with Crippen molar-refractivity contribution in [3.63, 3.8) is 0 Å². The lowest BCUT2D eigenvalue weighted by atomic mass is 9.89. The number of hydrogen-bond donors (Lipinski definition) is 2. The third-order valence-electron chi connectivity index (χ3n) is 4.21. The second-order valence-electron chi connectivity index (χ2n) is 5.44. The summed E-state index contributed by atoms with van der Waals surface area (Å²) in [6, 6.07) is -0.0848. The van der Waals surface area contributed by atoms with Crippen LogP contribution in [0.5, 0.6) is 0 Å². The zero-order chi connectivity index (χ0) is 12.8. The molecule has 1 aromatic rings. The van der Waals surface area contributed by atoms with E-state index < -0.39 is 0 Å². The van der Waals surface area contributed by atoms with Gasteiger partial charge >= 0.3 is 0 Å². The van der Waals surface area contributed by atoms with Crippen LogP contribution in [0.3, 0.4) is 0 Å². The van der Waals surface area contributed by atoms with E-state index in [0.717, 1.165) is 25.1 Å². The van der Waals surface area contributed by atoms with Crippen molar-refractivity contribution in [1.82, 2.24) is 20.8 Å². The zero-order valence-electron chi connectivity index (χ0n) is 10.5. The van der Waals surface area contributed by atoms with E-state index in [2.05, 4.69) is 20.8 Å². The van der Waals surface area contributed by atoms with E-state index in [1.165, 1.54) is 0 Å². The number of ether oxygens (including phenoxy) is 1. The first-order valence-corrected chi connectivity index (χ1v) is 6.78. The Balaban J connectivity index is 1.49. The van der Waals surface area contributed by atoms with Crippen LogP contribution in [0.15, 0.2) is 4.52 Å². The number of fused-ring (bicyclic) bond motifs is 2. The standard InChI is InChI=1S/C12H16N4O3/c17-10-5-13-8(4-14-10)12-15-11(16-19-12)7-3-6-1-2-9(7)18-6/h6-9,13H,1-5H2,(H,14,17). The Morgan fingerprint density at radius 2 is 2.26 bits per heavy atom. The minimum absolute atomic E-state index is 0.00232. The molecule has 1 amide bonds. The maximum atomic E-state index is 11.1. The van der Waals surface area contributed by atoms with Crippen LogP contribution in [0.1, 0.15) is 42.9 Å². The molecule has 3 saturated heterocycles. The molecule has 3 aliphatic heterocycles. The lowest BCUT2D eigenvalue weighted by Gasteiger charge is -2.20. The fraction of sp³-hybridized carbons (Fsp3) is 0.750. The van der Waals surface area contributed by atoms with Gasteiger partial charge in [0.15, 0.2) is 5.82 Å². The maximum Gasteiger partial charge on any atom is 0.245 e. The van der Waals surface area contributed by atoms with Crippen LogP contribution >= 0.6 is 0 Å². The van der Waals surface area contributed by atoms with E-state index in [0.29, 0.717) is 25.1 Å². The molecule has 3 fully saturated rings. The van der Waals surface area contributed by atoms with Gasteiger partial charge in [-0.05, 0) is 19.3 Å². The van der Waals surface area contributed by atoms with Crippen molar-refractivity contribution < 1.29 is 14.1 Å². The van der Waals surface area contributed by atoms with Crippen molar-refractivity contribution in [2.45, 2.75) is 43.4 Å². The van der Waals surface area contributed by atoms with E-state index in [4.69, 9.17) is 9.26 Å². The number of hydrogen-bond acceptors (Lipinski definition) is 6. The van der Waals surface area contributed by atoms with E-state index in [1.54, 1.807) is 0 Å². The molecule has 4 unspecified atom stereocenters. The van der Waals surface area contributed by atoms with Crippen LogP contribution in [-0.2, 0) is 9.53 Å². The molecule has 0 spiro atoms. The molecule has 0 aliphatic carbocycles. The Morgan fingerprint density at radius 1 is 1.32 bits per heavy atom. The van der Waals surface area contributed by atoms with Gasteiger partial charge in [-0.2, -0.15) is 4.98 Å². The molecule has 0 saturated carbocycles. The number of nitrogens with one attached hydrogen (secondary N) is 2. The monoisotopic (exact) mass is 264 g/mol. The van der Waals surface area contributed by atoms with Crippen molar-refractivity contribution >= 4 is 5.91 Å². The first kappa shape index (κ1) is 11.4. The summed E-state index contributed by atoms with van der Waals surface area (Å²) in [5.74, 6) is 1.57. The summed E-state index contributed by atoms with van der Waals surface area (Å²) in [5, 5.41) is 9.96. The predicted octanol–water partition coefficient (Wildman–Crippen LogP) is -0.135. The Labute approximate surface area is 110 Å². The molecule has 4 heterocycles. The summed E-state index contributed by atoms with van der Waals surface area (Å²) < 4.78 is 11.1. The fourth-order valence-corrected chi connectivity index (χ4v) is 3.19. The number of aromatic nitrogens is 2. The van der Waals surface area contributed by atoms with Crippen molar-refractivity contribution in [3.05, 3.63) is 11.7 Å². The molecule has 102 valence electrons. The predicted molar refractivity (Wildman–Crippen MR) is 63.3 cm³/mol. The highest BCUT2D eigenvalue weighted by atomic mass is 16.5. The Morgan fingerprint density at radius 3 is 2.95 bits per heavy atom. The summed E-state index contributed by atoms with van der Waals surface area (Å²) in [5.41, 5.74) is 0. The minimum Gasteiger partial charge on any atom is -0.374 e. The van der Waals surface area contributed by atoms with Gasteiger partial charge in [-0.25, -0.2) is 0 Å². The number of carbonyl (C=O) groups excluding carboxylic acids is 1. The smallest absolute Gasteiger partial charge is 0.245 e. The summed E-state index contributed by atoms with van der Waals surface area (Å²) in [6.07, 6.45) is 3.89. The average Bonchev–Trinajstić information content (AvgIpc) is 3.15. The lowest BCUT2D eigenvalue weighted by Crippen LogP contribution is -2.47. The fourth-order valence-electron chi connectivity index (χ4n) is 3.19. The lowest BCUT2D eigenvalue weighted by molar-refractivity contribution is -0.121. The number of piperazine rings is 1. The van der Waals surface area contributed by atoms with E-state index >= 15 is 0 Å². The summed E-state index contributed by atoms with van der Waals surface area (Å²) in [6.45, 7) is 0.785. The van der Waals surface area contributed by atoms with Crippen LogP contribution in [-0.4, -0.2) is 41.3 Å². The van der Waals surface area contributed by atoms with Crippen molar-refractivity contribution in [2.75, 3.05) is 13.1 Å². The highest BCUT2D eigenvalue weighted by molar-refractivity contribution is 5.78. The Kier molecular flexibility index (Phi) is 2.56. The molecule has 0 aromatic carbocycles. The normalized spacial score (nSPS) is 37.6. The van der Waals surface area contributed by atoms with Crippen LogP contribution in [0.4, 0.5) is 0 Å². The SMILES string of the molecule is O=C1CNC(c2nc(C3CC4CCC3O4)no2)CN1. The van der Waals surface area contributed by atoms with E-state index in [-0.39, 0.29) is 24.0 Å². The molecule has 2 N–H and O–H groups in total. The second-order valence-corrected chi connectivity index (χ2v) is 5.44. The third-order valence-corrected chi connectivity index (χ3v) is 4.21. The number of amides is 1. The molecule has 3 aliphatic rings. The van der Waals surface area contributed by atoms with Crippen LogP contribution in [0.25, 0.3) is 0 Å². The van der Waals surface area contributed by atoms with Gasteiger partial charge in [-0.3, -0.25) is 10.1 Å². The average molecular weight is 264 g/mol. The minimum atomic E-state index is -0.0848. The molecule has 0 radical (unpaired) electrons. The van der Waals surface area contributed by atoms with Crippen molar-refractivity contribution in [3.8, 4) is 0 Å². The van der Waals surface area contributed by atoms with Gasteiger partial charge in [0.2, 0.25) is 11.8 Å². The molecule has 4 atom stereocenters. The topological polar surface area (TPSA) is 89.3 Å². The highest BCUT2D eigenvalue weighted by Gasteiger charge is 2.44. The number of nitrogens with zero attached hydrogens (tertiary/aromatic N) is 2. The maximum absolute atomic E-state index is 11.1. The highest BCUT2D eigenvalue weighted by Crippen LogP contribution is 2.43. The largest absolute Gasteiger partial charge is 0.374 e. The van der Waals surface area contributed by atoms with Crippen LogP contribution < -0.4 is 10.6 Å². The molecule has 1 aromatic heterocycles. The Bertz CT molecular complexity index is 493. The molecular weight excluding hydrogens is 248 g/mol. The van der Waals surface area contributed by atoms with Gasteiger partial charge in [0.1, 0.15) is 6.04 Å². The van der Waals surface area contributed by atoms with E-state index in [1.807, 2.05) is 0 Å². The van der Waals surface area contributed by atoms with Crippen molar-refractivity contribution in [2.24, 2.45) is 0 Å². The molecular formula is C12H16N4O3. The first-order valence-electron chi connectivity index (χ1n) is 6.78. The molecule has 7 heteroatoms. The molecule has 4 rings (SSSR count). The first-order chi connectivity index (χ1) is 9.29. The van der Waals surface area contributed by atoms with Gasteiger partial charge in [-0.1, -0.05) is 5.16 Å². The van der Waals surface area contributed by atoms with Crippen LogP contribution in [0, 0.1) is 0 Å². The van der Waals surface area contributed by atoms with Gasteiger partial charge in [0.25, 0.3) is 0 Å². The molecule has 19 heavy (non-hydrogen) atoms. The summed E-state index contributed by atoms with van der Waals surface area (Å²) in [4.78, 5) is 15.6. The molecule has 2 bridgehead atoms. The van der Waals surface area contributed by atoms with Gasteiger partial charge in [0, 0.05) is 6.54 Å². The van der Waals surface area contributed by atoms with E-state index in [9.17, 15) is 4.79 Å². The number of carbonyl (C=O) groups is 1. The van der Waals surface area contributed by atoms with Crippen molar-refractivity contribution in [1.29, 1.82) is 0 Å². The second kappa shape index (κ2) is 4.28. The Hall–Kier alpha value is -1.47. The van der Waals surface area contributed by atoms with Gasteiger partial charge < -0.3 is 14.6 Å². The zero-order valence-corrected chi connectivity index (χ0v) is 10.5. The molecule has 7 nitrogen and oxygen atoms in total. The third kappa shape index (κ3) is 1.93. The van der Waals surface area contributed by atoms with Crippen LogP contribution in [0.2, 0.25) is 0 Å². The summed E-state index contributed by atoms with van der Waals surface area (Å²) in [7, 11) is 0. The summed E-state index contributed by atoms with van der Waals surface area (Å²) >= 11 is 0. The number of rotatable bonds is 2.